The molecule has 0 aliphatic heterocycles. The second-order valence-electron chi connectivity index (χ2n) is 6.04. The van der Waals surface area contributed by atoms with Gasteiger partial charge >= 0.3 is 0 Å². The molecule has 2 aromatic rings. The Hall–Kier alpha value is -2.68. The zero-order valence-corrected chi connectivity index (χ0v) is 19.5. The number of halogens is 2. The number of nitriles is 1. The number of carbonyl (C=O) groups is 1. The van der Waals surface area contributed by atoms with Crippen LogP contribution in [0.15, 0.2) is 31.0 Å². The van der Waals surface area contributed by atoms with E-state index in [0.29, 0.717) is 25.8 Å². The number of rotatable bonds is 7. The first-order valence-electron chi connectivity index (χ1n) is 8.44. The van der Waals surface area contributed by atoms with Crippen molar-refractivity contribution in [3.05, 3.63) is 53.8 Å². The van der Waals surface area contributed by atoms with Crippen LogP contribution in [0.25, 0.3) is 0 Å². The topological polar surface area (TPSA) is 126 Å². The van der Waals surface area contributed by atoms with Crippen molar-refractivity contribution >= 4 is 44.0 Å². The Balaban J connectivity index is 2.22. The Labute approximate surface area is 189 Å². The molecule has 0 saturated carbocycles. The summed E-state index contributed by atoms with van der Waals surface area (Å²) in [6.07, 6.45) is 1.36. The van der Waals surface area contributed by atoms with E-state index < -0.39 is 11.5 Å². The molecule has 0 fully saturated rings. The fourth-order valence-electron chi connectivity index (χ4n) is 2.63. The SMILES string of the molecule is COCc1c(Br)c(C)n(CC(=O)N/N=C\c2cc(Br)c(O)c(OC)c2)c(=O)c1C#N. The number of phenolic OH excluding ortho intramolecular Hbond substituents is 1. The molecule has 1 heterocycles. The van der Waals surface area contributed by atoms with Crippen LogP contribution in [0, 0.1) is 18.3 Å². The van der Waals surface area contributed by atoms with Crippen molar-refractivity contribution in [1.29, 1.82) is 5.26 Å². The summed E-state index contributed by atoms with van der Waals surface area (Å²) in [5.74, 6) is -0.370. The molecule has 9 nitrogen and oxygen atoms in total. The molecule has 2 N–H and O–H groups in total. The van der Waals surface area contributed by atoms with Crippen molar-refractivity contribution in [2.24, 2.45) is 5.10 Å². The number of amides is 1. The maximum Gasteiger partial charge on any atom is 0.269 e. The molecule has 0 saturated heterocycles. The molecule has 158 valence electrons. The van der Waals surface area contributed by atoms with Crippen LogP contribution in [0.4, 0.5) is 0 Å². The third-order valence-electron chi connectivity index (χ3n) is 4.12. The van der Waals surface area contributed by atoms with Crippen LogP contribution >= 0.6 is 31.9 Å². The zero-order valence-electron chi connectivity index (χ0n) is 16.3. The Morgan fingerprint density at radius 3 is 2.70 bits per heavy atom. The Morgan fingerprint density at radius 2 is 2.10 bits per heavy atom. The largest absolute Gasteiger partial charge is 0.503 e. The van der Waals surface area contributed by atoms with Crippen LogP contribution in [0.1, 0.15) is 22.4 Å². The lowest BCUT2D eigenvalue weighted by molar-refractivity contribution is -0.121. The number of phenols is 1. The summed E-state index contributed by atoms with van der Waals surface area (Å²) in [5.41, 5.74) is 3.13. The van der Waals surface area contributed by atoms with Gasteiger partial charge in [-0.2, -0.15) is 10.4 Å². The van der Waals surface area contributed by atoms with E-state index in [-0.39, 0.29) is 30.2 Å². The summed E-state index contributed by atoms with van der Waals surface area (Å²) in [4.78, 5) is 24.9. The van der Waals surface area contributed by atoms with Gasteiger partial charge in [0.2, 0.25) is 0 Å². The third-order valence-corrected chi connectivity index (χ3v) is 5.78. The van der Waals surface area contributed by atoms with Crippen molar-refractivity contribution in [3.63, 3.8) is 0 Å². The Morgan fingerprint density at radius 1 is 1.40 bits per heavy atom. The summed E-state index contributed by atoms with van der Waals surface area (Å²) in [6.45, 7) is 1.41. The van der Waals surface area contributed by atoms with E-state index in [2.05, 4.69) is 42.4 Å². The van der Waals surface area contributed by atoms with Crippen molar-refractivity contribution in [2.75, 3.05) is 14.2 Å². The number of aromatic nitrogens is 1. The number of hydrogen-bond donors (Lipinski definition) is 2. The lowest BCUT2D eigenvalue weighted by atomic mass is 10.1. The number of ether oxygens (including phenoxy) is 2. The van der Waals surface area contributed by atoms with Gasteiger partial charge in [0.05, 0.1) is 24.4 Å². The van der Waals surface area contributed by atoms with Crippen LogP contribution in [0.5, 0.6) is 11.5 Å². The van der Waals surface area contributed by atoms with Gasteiger partial charge in [-0.05, 0) is 56.5 Å². The number of hydrazone groups is 1. The van der Waals surface area contributed by atoms with E-state index in [1.54, 1.807) is 13.0 Å². The number of nitrogens with one attached hydrogen (secondary N) is 1. The minimum Gasteiger partial charge on any atom is -0.503 e. The molecule has 0 atom stereocenters. The van der Waals surface area contributed by atoms with Gasteiger partial charge in [-0.15, -0.1) is 0 Å². The van der Waals surface area contributed by atoms with Gasteiger partial charge in [0.25, 0.3) is 11.5 Å². The van der Waals surface area contributed by atoms with E-state index in [0.717, 1.165) is 0 Å². The highest BCUT2D eigenvalue weighted by molar-refractivity contribution is 9.10. The molecule has 0 aliphatic rings. The normalized spacial score (nSPS) is 10.8. The average Bonchev–Trinajstić information content (AvgIpc) is 2.72. The van der Waals surface area contributed by atoms with Gasteiger partial charge in [0, 0.05) is 22.8 Å². The number of hydrogen-bond acceptors (Lipinski definition) is 7. The molecule has 1 amide bonds. The maximum atomic E-state index is 12.6. The predicted octanol–water partition coefficient (Wildman–Crippen LogP) is 2.56. The van der Waals surface area contributed by atoms with Gasteiger partial charge in [0.15, 0.2) is 11.5 Å². The highest BCUT2D eigenvalue weighted by Gasteiger charge is 2.19. The van der Waals surface area contributed by atoms with Crippen molar-refractivity contribution in [3.8, 4) is 17.6 Å². The van der Waals surface area contributed by atoms with Crippen LogP contribution in [-0.2, 0) is 22.7 Å². The van der Waals surface area contributed by atoms with Crippen LogP contribution in [0.2, 0.25) is 0 Å². The lowest BCUT2D eigenvalue weighted by Gasteiger charge is -2.15. The second kappa shape index (κ2) is 10.4. The first-order valence-corrected chi connectivity index (χ1v) is 10.0. The molecule has 2 rings (SSSR count). The summed E-state index contributed by atoms with van der Waals surface area (Å²) < 4.78 is 12.2. The monoisotopic (exact) mass is 540 g/mol. The molecule has 0 aliphatic carbocycles. The molecule has 0 unspecified atom stereocenters. The molecule has 0 radical (unpaired) electrons. The summed E-state index contributed by atoms with van der Waals surface area (Å²) in [5, 5.41) is 23.0. The third kappa shape index (κ3) is 5.08. The first kappa shape index (κ1) is 23.6. The van der Waals surface area contributed by atoms with Crippen LogP contribution in [0.3, 0.4) is 0 Å². The van der Waals surface area contributed by atoms with Crippen LogP contribution in [-0.4, -0.2) is 36.0 Å². The average molecular weight is 542 g/mol. The van der Waals surface area contributed by atoms with Crippen molar-refractivity contribution in [2.45, 2.75) is 20.1 Å². The first-order chi connectivity index (χ1) is 14.2. The van der Waals surface area contributed by atoms with Gasteiger partial charge in [0.1, 0.15) is 18.2 Å². The zero-order chi connectivity index (χ0) is 22.4. The predicted molar refractivity (Wildman–Crippen MR) is 117 cm³/mol. The van der Waals surface area contributed by atoms with E-state index >= 15 is 0 Å². The number of benzene rings is 1. The van der Waals surface area contributed by atoms with Crippen LogP contribution < -0.4 is 15.7 Å². The summed E-state index contributed by atoms with van der Waals surface area (Å²) in [7, 11) is 2.87. The maximum absolute atomic E-state index is 12.6. The van der Waals surface area contributed by atoms with Gasteiger partial charge in [-0.1, -0.05) is 0 Å². The second-order valence-corrected chi connectivity index (χ2v) is 7.68. The molecule has 1 aromatic heterocycles. The fraction of sp³-hybridized carbons (Fsp3) is 0.263. The standard InChI is InChI=1S/C19H18Br2N4O5/c1-10-17(21)13(9-29-2)12(6-22)19(28)25(10)8-16(26)24-23-7-11-4-14(20)18(27)15(5-11)30-3/h4-5,7,27H,8-9H2,1-3H3,(H,24,26)/b23-7-. The number of aromatic hydroxyl groups is 1. The highest BCUT2D eigenvalue weighted by Crippen LogP contribution is 2.34. The molecular formula is C19H18Br2N4O5. The minimum absolute atomic E-state index is 0.0515. The Bertz CT molecular complexity index is 1110. The fourth-order valence-corrected chi connectivity index (χ4v) is 3.62. The Kier molecular flexibility index (Phi) is 8.16. The van der Waals surface area contributed by atoms with Crippen molar-refractivity contribution < 1.29 is 19.4 Å². The van der Waals surface area contributed by atoms with Gasteiger partial charge in [-0.25, -0.2) is 5.43 Å². The van der Waals surface area contributed by atoms with Gasteiger partial charge < -0.3 is 19.1 Å². The van der Waals surface area contributed by atoms with E-state index in [1.165, 1.54) is 31.1 Å². The minimum atomic E-state index is -0.586. The molecule has 0 bridgehead atoms. The molecule has 11 heteroatoms. The molecular weight excluding hydrogens is 524 g/mol. The van der Waals surface area contributed by atoms with Gasteiger partial charge in [-0.3, -0.25) is 9.59 Å². The van der Waals surface area contributed by atoms with E-state index in [4.69, 9.17) is 9.47 Å². The highest BCUT2D eigenvalue weighted by atomic mass is 79.9. The molecule has 0 spiro atoms. The number of methoxy groups -OCH3 is 2. The number of carbonyl (C=O) groups excluding carboxylic acids is 1. The summed E-state index contributed by atoms with van der Waals surface area (Å²) >= 11 is 6.57. The van der Waals surface area contributed by atoms with Crippen molar-refractivity contribution in [1.82, 2.24) is 9.99 Å². The lowest BCUT2D eigenvalue weighted by Crippen LogP contribution is -2.33. The molecule has 30 heavy (non-hydrogen) atoms. The smallest absolute Gasteiger partial charge is 0.269 e. The van der Waals surface area contributed by atoms with E-state index in [1.807, 2.05) is 6.07 Å². The summed E-state index contributed by atoms with van der Waals surface area (Å²) in [6, 6.07) is 5.00. The molecule has 1 aromatic carbocycles. The number of pyridine rings is 1. The van der Waals surface area contributed by atoms with E-state index in [9.17, 15) is 20.0 Å². The number of nitrogens with zero attached hydrogens (tertiary/aromatic N) is 3. The quantitative estimate of drug-likeness (QED) is 0.410.